The van der Waals surface area contributed by atoms with Crippen LogP contribution in [0.25, 0.3) is 11.3 Å². The molecule has 0 aromatic carbocycles. The van der Waals surface area contributed by atoms with Crippen molar-refractivity contribution in [3.05, 3.63) is 58.4 Å². The summed E-state index contributed by atoms with van der Waals surface area (Å²) >= 11 is 2.66. The first-order valence-electron chi connectivity index (χ1n) is 8.29. The molecule has 0 fully saturated rings. The highest BCUT2D eigenvalue weighted by Crippen LogP contribution is 2.25. The lowest BCUT2D eigenvalue weighted by Crippen LogP contribution is -2.12. The number of aryl methyl sites for hydroxylation is 2. The first-order chi connectivity index (χ1) is 13.6. The molecule has 0 saturated carbocycles. The summed E-state index contributed by atoms with van der Waals surface area (Å²) in [5.74, 6) is 0.137. The molecule has 2 N–H and O–H groups in total. The third-order valence-electron chi connectivity index (χ3n) is 3.62. The van der Waals surface area contributed by atoms with Gasteiger partial charge in [-0.15, -0.1) is 22.7 Å². The van der Waals surface area contributed by atoms with Gasteiger partial charge in [0.2, 0.25) is 5.95 Å². The van der Waals surface area contributed by atoms with Gasteiger partial charge < -0.3 is 5.32 Å². The van der Waals surface area contributed by atoms with Crippen LogP contribution in [0, 0.1) is 13.8 Å². The maximum absolute atomic E-state index is 12.5. The van der Waals surface area contributed by atoms with Crippen LogP contribution in [0.2, 0.25) is 0 Å². The molecule has 8 nitrogen and oxygen atoms in total. The molecule has 0 bridgehead atoms. The summed E-state index contributed by atoms with van der Waals surface area (Å²) < 4.78 is 0. The molecule has 0 spiro atoms. The third kappa shape index (κ3) is 4.18. The van der Waals surface area contributed by atoms with Crippen LogP contribution >= 0.6 is 22.7 Å². The largest absolute Gasteiger partial charge is 0.300 e. The monoisotopic (exact) mass is 409 g/mol. The molecular weight excluding hydrogens is 394 g/mol. The minimum absolute atomic E-state index is 0.301. The van der Waals surface area contributed by atoms with E-state index in [-0.39, 0.29) is 5.91 Å². The Balaban J connectivity index is 1.44. The maximum atomic E-state index is 12.5. The van der Waals surface area contributed by atoms with Crippen molar-refractivity contribution in [1.82, 2.24) is 24.9 Å². The summed E-state index contributed by atoms with van der Waals surface area (Å²) in [5, 5.41) is 10.4. The van der Waals surface area contributed by atoms with E-state index in [4.69, 9.17) is 0 Å². The number of carbonyl (C=O) groups is 1. The van der Waals surface area contributed by atoms with Gasteiger partial charge >= 0.3 is 0 Å². The lowest BCUT2D eigenvalue weighted by Gasteiger charge is -2.03. The van der Waals surface area contributed by atoms with Gasteiger partial charge in [0, 0.05) is 40.1 Å². The lowest BCUT2D eigenvalue weighted by atomic mass is 10.2. The zero-order chi connectivity index (χ0) is 19.5. The molecule has 4 rings (SSSR count). The highest BCUT2D eigenvalue weighted by Gasteiger charge is 2.14. The van der Waals surface area contributed by atoms with Crippen LogP contribution in [0.4, 0.5) is 16.2 Å². The predicted octanol–water partition coefficient (Wildman–Crippen LogP) is 4.06. The van der Waals surface area contributed by atoms with Crippen molar-refractivity contribution in [2.45, 2.75) is 13.8 Å². The summed E-state index contributed by atoms with van der Waals surface area (Å²) in [7, 11) is 0. The molecule has 0 aliphatic heterocycles. The fraction of sp³-hybridized carbons (Fsp3) is 0.111. The van der Waals surface area contributed by atoms with Gasteiger partial charge in [-0.1, -0.05) is 0 Å². The third-order valence-corrected chi connectivity index (χ3v) is 5.14. The van der Waals surface area contributed by atoms with Gasteiger partial charge in [0.15, 0.2) is 10.3 Å². The minimum atomic E-state index is -0.322. The van der Waals surface area contributed by atoms with Gasteiger partial charge in [-0.05, 0) is 32.0 Å². The molecule has 0 saturated heterocycles. The Bertz CT molecular complexity index is 1100. The molecule has 0 aliphatic carbocycles. The van der Waals surface area contributed by atoms with Crippen LogP contribution in [0.3, 0.4) is 0 Å². The van der Waals surface area contributed by atoms with Crippen molar-refractivity contribution >= 4 is 44.8 Å². The smallest absolute Gasteiger partial charge is 0.276 e. The van der Waals surface area contributed by atoms with E-state index >= 15 is 0 Å². The van der Waals surface area contributed by atoms with Crippen LogP contribution in [0.5, 0.6) is 0 Å². The molecular formula is C18H15N7OS2. The summed E-state index contributed by atoms with van der Waals surface area (Å²) in [5.41, 5.74) is 3.68. The molecule has 10 heteroatoms. The number of hydrogen-bond donors (Lipinski definition) is 2. The second-order valence-electron chi connectivity index (χ2n) is 5.87. The fourth-order valence-corrected chi connectivity index (χ4v) is 3.85. The summed E-state index contributed by atoms with van der Waals surface area (Å²) in [6, 6.07) is 5.65. The van der Waals surface area contributed by atoms with E-state index in [0.717, 1.165) is 22.6 Å². The van der Waals surface area contributed by atoms with Crippen LogP contribution < -0.4 is 10.6 Å². The van der Waals surface area contributed by atoms with Crippen LogP contribution in [-0.2, 0) is 0 Å². The number of nitrogens with zero attached hydrogens (tertiary/aromatic N) is 5. The van der Waals surface area contributed by atoms with Gasteiger partial charge in [-0.2, -0.15) is 0 Å². The highest BCUT2D eigenvalue weighted by molar-refractivity contribution is 7.14. The van der Waals surface area contributed by atoms with E-state index in [9.17, 15) is 4.79 Å². The van der Waals surface area contributed by atoms with Crippen LogP contribution in [-0.4, -0.2) is 30.8 Å². The molecule has 4 heterocycles. The van der Waals surface area contributed by atoms with Gasteiger partial charge in [-0.3, -0.25) is 15.1 Å². The normalized spacial score (nSPS) is 10.6. The fourth-order valence-electron chi connectivity index (χ4n) is 2.45. The zero-order valence-corrected chi connectivity index (χ0v) is 16.6. The van der Waals surface area contributed by atoms with Crippen LogP contribution in [0.15, 0.2) is 41.4 Å². The highest BCUT2D eigenvalue weighted by atomic mass is 32.1. The molecule has 4 aromatic heterocycles. The molecule has 28 heavy (non-hydrogen) atoms. The van der Waals surface area contributed by atoms with Crippen molar-refractivity contribution < 1.29 is 4.79 Å². The Morgan fingerprint density at radius 1 is 1.00 bits per heavy atom. The van der Waals surface area contributed by atoms with Gasteiger partial charge in [0.05, 0.1) is 5.69 Å². The summed E-state index contributed by atoms with van der Waals surface area (Å²) in [4.78, 5) is 33.9. The lowest BCUT2D eigenvalue weighted by molar-refractivity contribution is 0.102. The number of hydrogen-bond acceptors (Lipinski definition) is 9. The molecule has 0 radical (unpaired) electrons. The number of rotatable bonds is 5. The quantitative estimate of drug-likeness (QED) is 0.512. The average molecular weight is 410 g/mol. The number of amides is 1. The minimum Gasteiger partial charge on any atom is -0.300 e. The zero-order valence-electron chi connectivity index (χ0n) is 15.0. The van der Waals surface area contributed by atoms with Crippen molar-refractivity contribution in [1.29, 1.82) is 0 Å². The number of carbonyl (C=O) groups excluding carboxylic acids is 1. The number of thiazole rings is 2. The Morgan fingerprint density at radius 3 is 2.54 bits per heavy atom. The van der Waals surface area contributed by atoms with Gasteiger partial charge in [0.25, 0.3) is 5.91 Å². The summed E-state index contributed by atoms with van der Waals surface area (Å²) in [6.07, 6.45) is 3.43. The number of aromatic nitrogens is 5. The van der Waals surface area contributed by atoms with E-state index in [1.807, 2.05) is 37.4 Å². The number of pyridine rings is 1. The molecule has 4 aromatic rings. The number of anilines is 3. The number of nitrogens with one attached hydrogen (secondary N) is 2. The standard InChI is InChI=1S/C18H15N7OS2/c1-10-6-11(2)21-16(20-10)25-18-23-14(9-28-18)15(26)24-17-22-13(8-27-17)12-4-3-5-19-7-12/h3-9H,1-2H3,(H,22,24,26)(H,20,21,23,25). The van der Waals surface area contributed by atoms with Gasteiger partial charge in [-0.25, -0.2) is 19.9 Å². The summed E-state index contributed by atoms with van der Waals surface area (Å²) in [6.45, 7) is 3.79. The predicted molar refractivity (Wildman–Crippen MR) is 110 cm³/mol. The Morgan fingerprint density at radius 2 is 1.79 bits per heavy atom. The van der Waals surface area contributed by atoms with Crippen molar-refractivity contribution in [2.75, 3.05) is 10.6 Å². The molecule has 0 atom stereocenters. The van der Waals surface area contributed by atoms with E-state index in [2.05, 4.69) is 35.6 Å². The van der Waals surface area contributed by atoms with Crippen molar-refractivity contribution in [2.24, 2.45) is 0 Å². The molecule has 0 unspecified atom stereocenters. The van der Waals surface area contributed by atoms with Crippen molar-refractivity contribution in [3.63, 3.8) is 0 Å². The SMILES string of the molecule is Cc1cc(C)nc(Nc2nc(C(=O)Nc3nc(-c4cccnc4)cs3)cs2)n1. The molecule has 0 aliphatic rings. The Labute approximate surface area is 168 Å². The van der Waals surface area contributed by atoms with Crippen LogP contribution in [0.1, 0.15) is 21.9 Å². The first-order valence-corrected chi connectivity index (χ1v) is 10.0. The van der Waals surface area contributed by atoms with E-state index in [1.54, 1.807) is 17.8 Å². The Hall–Kier alpha value is -3.24. The topological polar surface area (TPSA) is 106 Å². The molecule has 1 amide bonds. The Kier molecular flexibility index (Phi) is 5.04. The molecule has 140 valence electrons. The second kappa shape index (κ2) is 7.79. The van der Waals surface area contributed by atoms with E-state index in [0.29, 0.717) is 21.9 Å². The van der Waals surface area contributed by atoms with Crippen molar-refractivity contribution in [3.8, 4) is 11.3 Å². The second-order valence-corrected chi connectivity index (χ2v) is 7.59. The first kappa shape index (κ1) is 18.1. The average Bonchev–Trinajstić information content (AvgIpc) is 3.31. The van der Waals surface area contributed by atoms with E-state index < -0.39 is 0 Å². The van der Waals surface area contributed by atoms with Gasteiger partial charge in [0.1, 0.15) is 5.69 Å². The maximum Gasteiger partial charge on any atom is 0.276 e. The van der Waals surface area contributed by atoms with E-state index in [1.165, 1.54) is 22.7 Å².